The smallest absolute Gasteiger partial charge is 0.122 e. The third-order valence-corrected chi connectivity index (χ3v) is 3.78. The summed E-state index contributed by atoms with van der Waals surface area (Å²) in [5, 5.41) is 3.45. The number of hydrogen-bond donors (Lipinski definition) is 1. The van der Waals surface area contributed by atoms with Crippen molar-refractivity contribution in [2.45, 2.75) is 38.6 Å². The van der Waals surface area contributed by atoms with Gasteiger partial charge >= 0.3 is 0 Å². The number of nitrogens with zero attached hydrogens (tertiary/aromatic N) is 2. The van der Waals surface area contributed by atoms with Crippen molar-refractivity contribution in [1.82, 2.24) is 14.9 Å². The van der Waals surface area contributed by atoms with E-state index in [1.807, 2.05) is 24.2 Å². The number of aryl methyl sites for hydroxylation is 1. The van der Waals surface area contributed by atoms with E-state index in [2.05, 4.69) is 41.9 Å². The summed E-state index contributed by atoms with van der Waals surface area (Å²) in [4.78, 5) is 4.33. The van der Waals surface area contributed by atoms with Crippen LogP contribution in [0, 0.1) is 0 Å². The first-order valence-electron chi connectivity index (χ1n) is 5.35. The fraction of sp³-hybridized carbons (Fsp3) is 0.727. The largest absolute Gasteiger partial charge is 0.334 e. The predicted octanol–water partition coefficient (Wildman–Crippen LogP) is 2.13. The molecule has 0 unspecified atom stereocenters. The first-order chi connectivity index (χ1) is 7.09. The highest BCUT2D eigenvalue weighted by Crippen LogP contribution is 2.19. The summed E-state index contributed by atoms with van der Waals surface area (Å²) in [5.74, 6) is 1.12. The normalized spacial score (nSPS) is 12.0. The van der Waals surface area contributed by atoms with Crippen molar-refractivity contribution in [2.24, 2.45) is 0 Å². The van der Waals surface area contributed by atoms with Crippen LogP contribution in [0.1, 0.15) is 26.6 Å². The summed E-state index contributed by atoms with van der Waals surface area (Å²) in [6, 6.07) is 0. The van der Waals surface area contributed by atoms with Crippen LogP contribution >= 0.6 is 11.8 Å². The average Bonchev–Trinajstić information content (AvgIpc) is 2.65. The molecule has 1 rings (SSSR count). The Morgan fingerprint density at radius 1 is 1.53 bits per heavy atom. The number of nitrogens with one attached hydrogen (secondary N) is 1. The van der Waals surface area contributed by atoms with Gasteiger partial charge in [-0.25, -0.2) is 4.98 Å². The van der Waals surface area contributed by atoms with E-state index in [0.717, 1.165) is 25.5 Å². The summed E-state index contributed by atoms with van der Waals surface area (Å²) in [6.45, 7) is 9.48. The molecule has 15 heavy (non-hydrogen) atoms. The molecule has 1 aromatic heterocycles. The van der Waals surface area contributed by atoms with E-state index in [9.17, 15) is 0 Å². The Bertz CT molecular complexity index is 294. The zero-order valence-electron chi connectivity index (χ0n) is 10.1. The maximum atomic E-state index is 4.33. The Morgan fingerprint density at radius 3 is 2.87 bits per heavy atom. The Morgan fingerprint density at radius 2 is 2.27 bits per heavy atom. The van der Waals surface area contributed by atoms with E-state index < -0.39 is 0 Å². The van der Waals surface area contributed by atoms with Crippen LogP contribution in [0.4, 0.5) is 0 Å². The molecule has 0 aliphatic heterocycles. The highest BCUT2D eigenvalue weighted by molar-refractivity contribution is 7.99. The molecule has 0 atom stereocenters. The topological polar surface area (TPSA) is 29.9 Å². The highest BCUT2D eigenvalue weighted by Gasteiger charge is 2.15. The highest BCUT2D eigenvalue weighted by atomic mass is 32.2. The van der Waals surface area contributed by atoms with Gasteiger partial charge in [0.2, 0.25) is 0 Å². The summed E-state index contributed by atoms with van der Waals surface area (Å²) < 4.78 is 2.46. The Kier molecular flexibility index (Phi) is 4.67. The van der Waals surface area contributed by atoms with Crippen molar-refractivity contribution in [3.8, 4) is 0 Å². The molecule has 86 valence electrons. The van der Waals surface area contributed by atoms with Gasteiger partial charge in [-0.2, -0.15) is 11.8 Å². The van der Waals surface area contributed by atoms with Crippen LogP contribution in [0.2, 0.25) is 0 Å². The molecule has 0 saturated carbocycles. The van der Waals surface area contributed by atoms with E-state index in [1.54, 1.807) is 0 Å². The molecule has 1 aromatic rings. The molecule has 0 radical (unpaired) electrons. The van der Waals surface area contributed by atoms with Crippen molar-refractivity contribution in [1.29, 1.82) is 0 Å². The first-order valence-corrected chi connectivity index (χ1v) is 6.57. The van der Waals surface area contributed by atoms with Gasteiger partial charge in [-0.1, -0.05) is 0 Å². The molecule has 1 heterocycles. The molecule has 0 aromatic carbocycles. The van der Waals surface area contributed by atoms with Gasteiger partial charge in [0.05, 0.1) is 6.54 Å². The second-order valence-electron chi connectivity index (χ2n) is 4.20. The van der Waals surface area contributed by atoms with Crippen LogP contribution in [0.3, 0.4) is 0 Å². The lowest BCUT2D eigenvalue weighted by molar-refractivity contribution is 0.560. The first kappa shape index (κ1) is 12.6. The third-order valence-electron chi connectivity index (χ3n) is 2.53. The minimum absolute atomic E-state index is 0.295. The van der Waals surface area contributed by atoms with Gasteiger partial charge in [-0.15, -0.1) is 0 Å². The molecule has 0 spiro atoms. The molecule has 1 N–H and O–H groups in total. The summed E-state index contributed by atoms with van der Waals surface area (Å²) in [5.41, 5.74) is 0. The standard InChI is InChI=1S/C11H21N3S/c1-5-14-7-6-13-10(14)8-12-9-11(2,3)15-4/h6-7,12H,5,8-9H2,1-4H3. The van der Waals surface area contributed by atoms with Gasteiger partial charge in [0, 0.05) is 30.2 Å². The molecule has 0 aliphatic carbocycles. The lowest BCUT2D eigenvalue weighted by Gasteiger charge is -2.22. The van der Waals surface area contributed by atoms with Gasteiger partial charge in [-0.3, -0.25) is 0 Å². The van der Waals surface area contributed by atoms with Gasteiger partial charge in [-0.05, 0) is 27.0 Å². The number of aromatic nitrogens is 2. The van der Waals surface area contributed by atoms with E-state index in [4.69, 9.17) is 0 Å². The van der Waals surface area contributed by atoms with E-state index in [1.165, 1.54) is 0 Å². The van der Waals surface area contributed by atoms with Crippen molar-refractivity contribution >= 4 is 11.8 Å². The molecule has 0 bridgehead atoms. The zero-order valence-corrected chi connectivity index (χ0v) is 10.9. The van der Waals surface area contributed by atoms with Crippen molar-refractivity contribution < 1.29 is 0 Å². The van der Waals surface area contributed by atoms with Crippen LogP contribution in [0.5, 0.6) is 0 Å². The molecule has 3 nitrogen and oxygen atoms in total. The quantitative estimate of drug-likeness (QED) is 0.807. The molecular weight excluding hydrogens is 206 g/mol. The van der Waals surface area contributed by atoms with Crippen LogP contribution in [-0.2, 0) is 13.1 Å². The fourth-order valence-corrected chi connectivity index (χ4v) is 1.59. The fourth-order valence-electron chi connectivity index (χ4n) is 1.34. The summed E-state index contributed by atoms with van der Waals surface area (Å²) >= 11 is 1.88. The predicted molar refractivity (Wildman–Crippen MR) is 67.2 cm³/mol. The molecule has 0 aliphatic rings. The van der Waals surface area contributed by atoms with Crippen molar-refractivity contribution in [3.63, 3.8) is 0 Å². The van der Waals surface area contributed by atoms with Crippen LogP contribution in [0.25, 0.3) is 0 Å². The van der Waals surface area contributed by atoms with Crippen molar-refractivity contribution in [3.05, 3.63) is 18.2 Å². The van der Waals surface area contributed by atoms with E-state index >= 15 is 0 Å². The molecule has 0 amide bonds. The number of imidazole rings is 1. The zero-order chi connectivity index (χ0) is 11.3. The van der Waals surface area contributed by atoms with E-state index in [-0.39, 0.29) is 0 Å². The summed E-state index contributed by atoms with van der Waals surface area (Å²) in [7, 11) is 0. The molecule has 0 saturated heterocycles. The monoisotopic (exact) mass is 227 g/mol. The SMILES string of the molecule is CCn1ccnc1CNCC(C)(C)SC. The lowest BCUT2D eigenvalue weighted by atomic mass is 10.2. The third kappa shape index (κ3) is 3.87. The second kappa shape index (κ2) is 5.56. The maximum absolute atomic E-state index is 4.33. The Labute approximate surface area is 96.7 Å². The van der Waals surface area contributed by atoms with Gasteiger partial charge < -0.3 is 9.88 Å². The van der Waals surface area contributed by atoms with Crippen LogP contribution in [-0.4, -0.2) is 27.1 Å². The minimum Gasteiger partial charge on any atom is -0.334 e. The maximum Gasteiger partial charge on any atom is 0.122 e. The minimum atomic E-state index is 0.295. The second-order valence-corrected chi connectivity index (χ2v) is 5.71. The Balaban J connectivity index is 2.38. The molecule has 4 heteroatoms. The van der Waals surface area contributed by atoms with Crippen LogP contribution in [0.15, 0.2) is 12.4 Å². The molecular formula is C11H21N3S. The number of hydrogen-bond acceptors (Lipinski definition) is 3. The van der Waals surface area contributed by atoms with Gasteiger partial charge in [0.25, 0.3) is 0 Å². The lowest BCUT2D eigenvalue weighted by Crippen LogP contribution is -2.32. The van der Waals surface area contributed by atoms with Gasteiger partial charge in [0.15, 0.2) is 0 Å². The summed E-state index contributed by atoms with van der Waals surface area (Å²) in [6.07, 6.45) is 6.03. The van der Waals surface area contributed by atoms with Crippen LogP contribution < -0.4 is 5.32 Å². The van der Waals surface area contributed by atoms with E-state index in [0.29, 0.717) is 4.75 Å². The van der Waals surface area contributed by atoms with Gasteiger partial charge in [0.1, 0.15) is 5.82 Å². The Hall–Kier alpha value is -0.480. The molecule has 0 fully saturated rings. The number of thioether (sulfide) groups is 1. The van der Waals surface area contributed by atoms with Crippen molar-refractivity contribution in [2.75, 3.05) is 12.8 Å². The average molecular weight is 227 g/mol. The number of rotatable bonds is 6.